The molecule has 0 saturated heterocycles. The lowest BCUT2D eigenvalue weighted by Gasteiger charge is -2.05. The highest BCUT2D eigenvalue weighted by Crippen LogP contribution is 1.93. The van der Waals surface area contributed by atoms with E-state index in [4.69, 9.17) is 0 Å². The number of rotatable bonds is 4. The highest BCUT2D eigenvalue weighted by Gasteiger charge is 2.05. The molecule has 0 aliphatic heterocycles. The van der Waals surface area contributed by atoms with Gasteiger partial charge in [0.05, 0.1) is 12.1 Å². The van der Waals surface area contributed by atoms with Crippen molar-refractivity contribution < 1.29 is 4.79 Å². The van der Waals surface area contributed by atoms with Crippen LogP contribution in [0.1, 0.15) is 24.2 Å². The zero-order valence-electron chi connectivity index (χ0n) is 7.82. The molecule has 0 saturated carbocycles. The highest BCUT2D eigenvalue weighted by atomic mass is 16.1. The summed E-state index contributed by atoms with van der Waals surface area (Å²) in [4.78, 5) is 19.0. The molecule has 0 unspecified atom stereocenters. The summed E-state index contributed by atoms with van der Waals surface area (Å²) in [6.45, 7) is 4.33. The average molecular weight is 179 g/mol. The maximum atomic E-state index is 11.4. The van der Waals surface area contributed by atoms with Crippen LogP contribution in [0.5, 0.6) is 0 Å². The molecule has 0 spiro atoms. The monoisotopic (exact) mass is 179 g/mol. The summed E-state index contributed by atoms with van der Waals surface area (Å²) in [5.41, 5.74) is 0.552. The average Bonchev–Trinajstić information content (AvgIpc) is 2.15. The first-order valence-electron chi connectivity index (χ1n) is 4.21. The van der Waals surface area contributed by atoms with E-state index in [-0.39, 0.29) is 5.78 Å². The molecule has 0 bridgehead atoms. The van der Waals surface area contributed by atoms with Crippen molar-refractivity contribution in [1.29, 1.82) is 0 Å². The zero-order valence-corrected chi connectivity index (χ0v) is 7.82. The number of nitrogens with one attached hydrogen (secondary N) is 1. The van der Waals surface area contributed by atoms with Gasteiger partial charge in [-0.3, -0.25) is 4.79 Å². The van der Waals surface area contributed by atoms with E-state index in [0.717, 1.165) is 0 Å². The third-order valence-electron chi connectivity index (χ3n) is 1.55. The van der Waals surface area contributed by atoms with Crippen LogP contribution in [0.2, 0.25) is 0 Å². The largest absolute Gasteiger partial charge is 0.307 e. The number of carbonyl (C=O) groups is 1. The van der Waals surface area contributed by atoms with Crippen molar-refractivity contribution in [2.24, 2.45) is 0 Å². The second-order valence-corrected chi connectivity index (χ2v) is 3.09. The first kappa shape index (κ1) is 9.80. The van der Waals surface area contributed by atoms with E-state index < -0.39 is 0 Å². The Hall–Kier alpha value is -1.29. The summed E-state index contributed by atoms with van der Waals surface area (Å²) in [5.74, 6) is 0.0225. The molecular formula is C9H13N3O. The number of carbonyl (C=O) groups excluding carboxylic acids is 1. The van der Waals surface area contributed by atoms with Gasteiger partial charge < -0.3 is 5.32 Å². The fourth-order valence-corrected chi connectivity index (χ4v) is 0.842. The van der Waals surface area contributed by atoms with E-state index >= 15 is 0 Å². The molecule has 0 aliphatic rings. The minimum atomic E-state index is 0.0225. The first-order valence-corrected chi connectivity index (χ1v) is 4.21. The smallest absolute Gasteiger partial charge is 0.179 e. The standard InChI is InChI=1S/C9H13N3O/c1-7(2)12-5-9(13)8-3-10-6-11-4-8/h3-4,6-7,12H,5H2,1-2H3. The summed E-state index contributed by atoms with van der Waals surface area (Å²) in [5, 5.41) is 3.04. The third kappa shape index (κ3) is 3.29. The minimum absolute atomic E-state index is 0.0225. The Balaban J connectivity index is 2.50. The molecule has 0 aromatic carbocycles. The SMILES string of the molecule is CC(C)NCC(=O)c1cncnc1. The third-order valence-corrected chi connectivity index (χ3v) is 1.55. The lowest BCUT2D eigenvalue weighted by atomic mass is 10.2. The van der Waals surface area contributed by atoms with E-state index in [9.17, 15) is 4.79 Å². The molecule has 1 rings (SSSR count). The Morgan fingerprint density at radius 2 is 2.08 bits per heavy atom. The second-order valence-electron chi connectivity index (χ2n) is 3.09. The lowest BCUT2D eigenvalue weighted by molar-refractivity contribution is 0.0988. The molecule has 0 aliphatic carbocycles. The van der Waals surface area contributed by atoms with E-state index in [1.807, 2.05) is 13.8 Å². The molecule has 0 amide bonds. The Labute approximate surface area is 77.4 Å². The molecule has 1 N–H and O–H groups in total. The second kappa shape index (κ2) is 4.67. The topological polar surface area (TPSA) is 54.9 Å². The number of aromatic nitrogens is 2. The van der Waals surface area contributed by atoms with Crippen LogP contribution in [0.25, 0.3) is 0 Å². The Morgan fingerprint density at radius 1 is 1.46 bits per heavy atom. The van der Waals surface area contributed by atoms with Crippen LogP contribution in [0.4, 0.5) is 0 Å². The number of hydrogen-bond donors (Lipinski definition) is 1. The molecule has 4 heteroatoms. The molecule has 4 nitrogen and oxygen atoms in total. The summed E-state index contributed by atoms with van der Waals surface area (Å²) in [6, 6.07) is 0.314. The van der Waals surface area contributed by atoms with Crippen molar-refractivity contribution >= 4 is 5.78 Å². The number of nitrogens with zero attached hydrogens (tertiary/aromatic N) is 2. The molecule has 0 fully saturated rings. The molecule has 1 aromatic heterocycles. The van der Waals surface area contributed by atoms with Crippen molar-refractivity contribution in [1.82, 2.24) is 15.3 Å². The van der Waals surface area contributed by atoms with Crippen LogP contribution in [-0.2, 0) is 0 Å². The summed E-state index contributed by atoms with van der Waals surface area (Å²) in [6.07, 6.45) is 4.46. The van der Waals surface area contributed by atoms with Crippen molar-refractivity contribution in [3.05, 3.63) is 24.3 Å². The highest BCUT2D eigenvalue weighted by molar-refractivity contribution is 5.97. The molecule has 70 valence electrons. The molecular weight excluding hydrogens is 166 g/mol. The predicted octanol–water partition coefficient (Wildman–Crippen LogP) is 0.657. The Kier molecular flexibility index (Phi) is 3.52. The summed E-state index contributed by atoms with van der Waals surface area (Å²) < 4.78 is 0. The minimum Gasteiger partial charge on any atom is -0.307 e. The van der Waals surface area contributed by atoms with Crippen LogP contribution in [0.3, 0.4) is 0 Å². The molecule has 13 heavy (non-hydrogen) atoms. The first-order chi connectivity index (χ1) is 6.20. The van der Waals surface area contributed by atoms with Gasteiger partial charge in [0, 0.05) is 18.4 Å². The van der Waals surface area contributed by atoms with Crippen LogP contribution in [0, 0.1) is 0 Å². The van der Waals surface area contributed by atoms with Gasteiger partial charge in [-0.2, -0.15) is 0 Å². The van der Waals surface area contributed by atoms with Crippen LogP contribution >= 0.6 is 0 Å². The Morgan fingerprint density at radius 3 is 2.62 bits per heavy atom. The van der Waals surface area contributed by atoms with E-state index in [2.05, 4.69) is 15.3 Å². The predicted molar refractivity (Wildman–Crippen MR) is 49.5 cm³/mol. The number of ketones is 1. The van der Waals surface area contributed by atoms with Crippen molar-refractivity contribution in [3.8, 4) is 0 Å². The fraction of sp³-hybridized carbons (Fsp3) is 0.444. The number of hydrogen-bond acceptors (Lipinski definition) is 4. The van der Waals surface area contributed by atoms with E-state index in [0.29, 0.717) is 18.2 Å². The van der Waals surface area contributed by atoms with Crippen LogP contribution in [-0.4, -0.2) is 28.3 Å². The van der Waals surface area contributed by atoms with Crippen molar-refractivity contribution in [2.45, 2.75) is 19.9 Å². The number of Topliss-reactive ketones (excluding diaryl/α,β-unsaturated/α-hetero) is 1. The van der Waals surface area contributed by atoms with Crippen LogP contribution < -0.4 is 5.32 Å². The maximum absolute atomic E-state index is 11.4. The summed E-state index contributed by atoms with van der Waals surface area (Å²) in [7, 11) is 0. The Bertz CT molecular complexity index is 271. The van der Waals surface area contributed by atoms with Gasteiger partial charge >= 0.3 is 0 Å². The van der Waals surface area contributed by atoms with E-state index in [1.54, 1.807) is 0 Å². The molecule has 0 atom stereocenters. The molecule has 1 aromatic rings. The van der Waals surface area contributed by atoms with Gasteiger partial charge in [0.25, 0.3) is 0 Å². The van der Waals surface area contributed by atoms with Gasteiger partial charge in [0.15, 0.2) is 5.78 Å². The van der Waals surface area contributed by atoms with Gasteiger partial charge in [0.2, 0.25) is 0 Å². The van der Waals surface area contributed by atoms with Gasteiger partial charge in [-0.15, -0.1) is 0 Å². The normalized spacial score (nSPS) is 10.4. The van der Waals surface area contributed by atoms with Crippen molar-refractivity contribution in [3.63, 3.8) is 0 Å². The van der Waals surface area contributed by atoms with Crippen molar-refractivity contribution in [2.75, 3.05) is 6.54 Å². The quantitative estimate of drug-likeness (QED) is 0.690. The van der Waals surface area contributed by atoms with Gasteiger partial charge in [-0.1, -0.05) is 13.8 Å². The van der Waals surface area contributed by atoms with Gasteiger partial charge in [-0.25, -0.2) is 9.97 Å². The zero-order chi connectivity index (χ0) is 9.68. The summed E-state index contributed by atoms with van der Waals surface area (Å²) >= 11 is 0. The maximum Gasteiger partial charge on any atom is 0.179 e. The van der Waals surface area contributed by atoms with Gasteiger partial charge in [-0.05, 0) is 0 Å². The van der Waals surface area contributed by atoms with Gasteiger partial charge in [0.1, 0.15) is 6.33 Å². The molecule has 0 radical (unpaired) electrons. The molecule has 1 heterocycles. The fourth-order valence-electron chi connectivity index (χ4n) is 0.842. The lowest BCUT2D eigenvalue weighted by Crippen LogP contribution is -2.29. The van der Waals surface area contributed by atoms with Crippen LogP contribution in [0.15, 0.2) is 18.7 Å². The van der Waals surface area contributed by atoms with E-state index in [1.165, 1.54) is 18.7 Å².